The van der Waals surface area contributed by atoms with Crippen molar-refractivity contribution in [1.29, 1.82) is 0 Å². The Hall–Kier alpha value is -3.24. The molecule has 4 heterocycles. The maximum Gasteiger partial charge on any atom is 0.274 e. The summed E-state index contributed by atoms with van der Waals surface area (Å²) in [5.74, 6) is 2.28. The number of H-pyrrole nitrogens is 1. The van der Waals surface area contributed by atoms with E-state index in [2.05, 4.69) is 25.3 Å². The van der Waals surface area contributed by atoms with Crippen LogP contribution >= 0.6 is 23.1 Å². The normalized spacial score (nSPS) is 11.3. The molecule has 10 heteroatoms. The van der Waals surface area contributed by atoms with Crippen LogP contribution in [0.1, 0.15) is 5.69 Å². The van der Waals surface area contributed by atoms with Crippen molar-refractivity contribution in [3.63, 3.8) is 0 Å². The molecule has 0 aliphatic carbocycles. The van der Waals surface area contributed by atoms with Gasteiger partial charge in [0.2, 0.25) is 0 Å². The molecule has 8 nitrogen and oxygen atoms in total. The van der Waals surface area contributed by atoms with Crippen molar-refractivity contribution in [2.75, 3.05) is 0 Å². The van der Waals surface area contributed by atoms with Crippen LogP contribution in [0.4, 0.5) is 0 Å². The highest BCUT2D eigenvalue weighted by atomic mass is 32.2. The average Bonchev–Trinajstić information content (AvgIpc) is 3.47. The van der Waals surface area contributed by atoms with Gasteiger partial charge in [-0.3, -0.25) is 9.89 Å². The van der Waals surface area contributed by atoms with E-state index in [4.69, 9.17) is 0 Å². The minimum Gasteiger partial charge on any atom is -0.304 e. The molecule has 0 spiro atoms. The zero-order chi connectivity index (χ0) is 19.8. The third-order valence-electron chi connectivity index (χ3n) is 4.36. The molecule has 0 fully saturated rings. The number of rotatable bonds is 5. The van der Waals surface area contributed by atoms with E-state index in [9.17, 15) is 4.79 Å². The highest BCUT2D eigenvalue weighted by molar-refractivity contribution is 7.98. The van der Waals surface area contributed by atoms with Crippen molar-refractivity contribution in [2.24, 2.45) is 7.05 Å². The highest BCUT2D eigenvalue weighted by Crippen LogP contribution is 2.27. The van der Waals surface area contributed by atoms with Crippen molar-refractivity contribution in [3.05, 3.63) is 70.0 Å². The molecule has 0 saturated heterocycles. The number of aromatic amines is 1. The molecule has 0 saturated carbocycles. The monoisotopic (exact) mass is 421 g/mol. The van der Waals surface area contributed by atoms with Crippen LogP contribution < -0.4 is 5.56 Å². The first-order valence-electron chi connectivity index (χ1n) is 8.79. The number of aromatic nitrogens is 7. The number of thioether (sulfide) groups is 1. The Morgan fingerprint density at radius 1 is 1.10 bits per heavy atom. The molecule has 4 aromatic heterocycles. The summed E-state index contributed by atoms with van der Waals surface area (Å²) >= 11 is 3.11. The summed E-state index contributed by atoms with van der Waals surface area (Å²) in [4.78, 5) is 22.6. The Bertz CT molecular complexity index is 1340. The van der Waals surface area contributed by atoms with E-state index in [1.807, 2.05) is 59.5 Å². The Morgan fingerprint density at radius 3 is 2.76 bits per heavy atom. The lowest BCUT2D eigenvalue weighted by Gasteiger charge is -2.02. The molecule has 0 bridgehead atoms. The Labute approximate surface area is 173 Å². The number of thiophene rings is 1. The number of hydrogen-bond donors (Lipinski definition) is 1. The molecule has 144 valence electrons. The van der Waals surface area contributed by atoms with Crippen molar-refractivity contribution < 1.29 is 0 Å². The first-order chi connectivity index (χ1) is 14.2. The van der Waals surface area contributed by atoms with E-state index in [0.29, 0.717) is 23.0 Å². The van der Waals surface area contributed by atoms with Gasteiger partial charge >= 0.3 is 0 Å². The maximum absolute atomic E-state index is 12.5. The molecule has 0 unspecified atom stereocenters. The highest BCUT2D eigenvalue weighted by Gasteiger charge is 2.14. The molecule has 0 radical (unpaired) electrons. The molecule has 0 aliphatic rings. The molecule has 5 rings (SSSR count). The number of nitrogens with one attached hydrogen (secondary N) is 1. The molecule has 1 N–H and O–H groups in total. The predicted molar refractivity (Wildman–Crippen MR) is 113 cm³/mol. The summed E-state index contributed by atoms with van der Waals surface area (Å²) in [7, 11) is 1.93. The van der Waals surface area contributed by atoms with Crippen LogP contribution in [0.5, 0.6) is 0 Å². The Morgan fingerprint density at radius 2 is 1.97 bits per heavy atom. The predicted octanol–water partition coefficient (Wildman–Crippen LogP) is 3.23. The van der Waals surface area contributed by atoms with Gasteiger partial charge in [0, 0.05) is 24.4 Å². The zero-order valence-electron chi connectivity index (χ0n) is 15.3. The second-order valence-electron chi connectivity index (χ2n) is 6.29. The number of nitrogens with zero attached hydrogens (tertiary/aromatic N) is 6. The fourth-order valence-electron chi connectivity index (χ4n) is 2.93. The molecular formula is C19H15N7OS2. The van der Waals surface area contributed by atoms with Gasteiger partial charge in [-0.25, -0.2) is 4.98 Å². The van der Waals surface area contributed by atoms with Gasteiger partial charge in [0.05, 0.1) is 10.6 Å². The van der Waals surface area contributed by atoms with Crippen molar-refractivity contribution >= 4 is 28.9 Å². The van der Waals surface area contributed by atoms with Crippen LogP contribution in [0.3, 0.4) is 0 Å². The maximum atomic E-state index is 12.5. The fraction of sp³-hybridized carbons (Fsp3) is 0.105. The van der Waals surface area contributed by atoms with Crippen LogP contribution in [-0.2, 0) is 12.8 Å². The van der Waals surface area contributed by atoms with E-state index >= 15 is 0 Å². The van der Waals surface area contributed by atoms with E-state index < -0.39 is 0 Å². The van der Waals surface area contributed by atoms with Gasteiger partial charge in [-0.2, -0.15) is 9.50 Å². The summed E-state index contributed by atoms with van der Waals surface area (Å²) in [5.41, 5.74) is 1.35. The Kier molecular flexibility index (Phi) is 4.49. The van der Waals surface area contributed by atoms with Gasteiger partial charge in [-0.1, -0.05) is 48.2 Å². The van der Waals surface area contributed by atoms with Crippen LogP contribution in [0.2, 0.25) is 0 Å². The third kappa shape index (κ3) is 3.36. The quantitative estimate of drug-likeness (QED) is 0.438. The zero-order valence-corrected chi connectivity index (χ0v) is 16.9. The fourth-order valence-corrected chi connectivity index (χ4v) is 4.47. The first-order valence-corrected chi connectivity index (χ1v) is 10.7. The summed E-state index contributed by atoms with van der Waals surface area (Å²) < 4.78 is 3.30. The lowest BCUT2D eigenvalue weighted by Crippen LogP contribution is -2.15. The minimum absolute atomic E-state index is 0.197. The summed E-state index contributed by atoms with van der Waals surface area (Å²) in [6.07, 6.45) is 0. The molecule has 0 aliphatic heterocycles. The van der Waals surface area contributed by atoms with Crippen LogP contribution in [0.25, 0.3) is 27.9 Å². The summed E-state index contributed by atoms with van der Waals surface area (Å²) in [6.45, 7) is 0. The standard InChI is InChI=1S/C19H15N7OS2/c1-25-17(14-8-5-9-28-14)22-23-19(25)29-11-13-10-15(27)26-18(20-13)21-16(24-26)12-6-3-2-4-7-12/h2-10H,11H2,1H3,(H,20,21,24). The van der Waals surface area contributed by atoms with Crippen LogP contribution in [0.15, 0.2) is 63.9 Å². The molecular weight excluding hydrogens is 406 g/mol. The number of hydrogen-bond acceptors (Lipinski definition) is 7. The SMILES string of the molecule is Cn1c(SCc2cc(=O)n3[nH]c(-c4ccccc4)nc3n2)nnc1-c1cccs1. The molecule has 0 amide bonds. The molecule has 5 aromatic rings. The molecule has 1 aromatic carbocycles. The first kappa shape index (κ1) is 17.8. The van der Waals surface area contributed by atoms with Crippen molar-refractivity contribution in [2.45, 2.75) is 10.9 Å². The van der Waals surface area contributed by atoms with Crippen molar-refractivity contribution in [3.8, 4) is 22.1 Å². The molecule has 0 atom stereocenters. The lowest BCUT2D eigenvalue weighted by molar-refractivity contribution is 0.794. The van der Waals surface area contributed by atoms with E-state index in [-0.39, 0.29) is 5.56 Å². The molecule has 29 heavy (non-hydrogen) atoms. The topological polar surface area (TPSA) is 93.8 Å². The van der Waals surface area contributed by atoms with Crippen molar-refractivity contribution in [1.82, 2.24) is 34.3 Å². The number of benzene rings is 1. The number of fused-ring (bicyclic) bond motifs is 1. The lowest BCUT2D eigenvalue weighted by atomic mass is 10.2. The van der Waals surface area contributed by atoms with Crippen LogP contribution in [0, 0.1) is 0 Å². The van der Waals surface area contributed by atoms with Gasteiger partial charge in [-0.15, -0.1) is 21.5 Å². The average molecular weight is 422 g/mol. The second kappa shape index (κ2) is 7.30. The Balaban J connectivity index is 1.41. The van der Waals surface area contributed by atoms with E-state index in [0.717, 1.165) is 21.4 Å². The summed E-state index contributed by atoms with van der Waals surface area (Å²) in [5, 5.41) is 14.3. The minimum atomic E-state index is -0.197. The summed E-state index contributed by atoms with van der Waals surface area (Å²) in [6, 6.07) is 15.2. The third-order valence-corrected chi connectivity index (χ3v) is 6.28. The smallest absolute Gasteiger partial charge is 0.274 e. The van der Waals surface area contributed by atoms with E-state index in [1.54, 1.807) is 11.3 Å². The van der Waals surface area contributed by atoms with Crippen LogP contribution in [-0.4, -0.2) is 34.3 Å². The van der Waals surface area contributed by atoms with Gasteiger partial charge in [0.15, 0.2) is 16.8 Å². The van der Waals surface area contributed by atoms with Gasteiger partial charge < -0.3 is 4.57 Å². The van der Waals surface area contributed by atoms with E-state index in [1.165, 1.54) is 22.3 Å². The van der Waals surface area contributed by atoms with Gasteiger partial charge in [0.1, 0.15) is 0 Å². The largest absolute Gasteiger partial charge is 0.304 e. The van der Waals surface area contributed by atoms with Gasteiger partial charge in [0.25, 0.3) is 11.3 Å². The van der Waals surface area contributed by atoms with Gasteiger partial charge in [-0.05, 0) is 11.4 Å². The second-order valence-corrected chi connectivity index (χ2v) is 8.18.